The lowest BCUT2D eigenvalue weighted by atomic mass is 10.1. The van der Waals surface area contributed by atoms with Crippen molar-refractivity contribution in [2.24, 2.45) is 0 Å². The molecule has 2 aromatic heterocycles. The predicted octanol–water partition coefficient (Wildman–Crippen LogP) is 3.71. The minimum atomic E-state index is -0.377. The second-order valence-electron chi connectivity index (χ2n) is 6.82. The Bertz CT molecular complexity index is 918. The molecule has 27 heavy (non-hydrogen) atoms. The number of hydrogen-bond acceptors (Lipinski definition) is 5. The van der Waals surface area contributed by atoms with Gasteiger partial charge in [-0.25, -0.2) is 4.98 Å². The van der Waals surface area contributed by atoms with Crippen LogP contribution in [0, 0.1) is 0 Å². The lowest BCUT2D eigenvalue weighted by Gasteiger charge is -2.25. The average molecular weight is 400 g/mol. The van der Waals surface area contributed by atoms with Crippen LogP contribution in [-0.4, -0.2) is 40.3 Å². The van der Waals surface area contributed by atoms with Gasteiger partial charge in [-0.05, 0) is 43.3 Å². The van der Waals surface area contributed by atoms with E-state index in [1.54, 1.807) is 16.2 Å². The Kier molecular flexibility index (Phi) is 5.22. The Morgan fingerprint density at radius 2 is 2.15 bits per heavy atom. The van der Waals surface area contributed by atoms with Crippen molar-refractivity contribution in [2.75, 3.05) is 6.54 Å². The Hall–Kier alpha value is -2.25. The van der Waals surface area contributed by atoms with Gasteiger partial charge in [0.15, 0.2) is 0 Å². The van der Waals surface area contributed by atoms with E-state index < -0.39 is 0 Å². The van der Waals surface area contributed by atoms with Crippen LogP contribution < -0.4 is 5.32 Å². The molecule has 1 unspecified atom stereocenters. The number of benzene rings is 1. The largest absolute Gasteiger partial charge is 0.351 e. The Morgan fingerprint density at radius 3 is 2.93 bits per heavy atom. The van der Waals surface area contributed by atoms with Crippen LogP contribution in [-0.2, 0) is 11.2 Å². The van der Waals surface area contributed by atoms with Crippen molar-refractivity contribution in [2.45, 2.75) is 38.3 Å². The van der Waals surface area contributed by atoms with Gasteiger partial charge in [-0.2, -0.15) is 0 Å². The standard InChI is InChI=1S/C20H21N3O2S2/c1-13(12-18-22-14-6-2-3-8-16(14)27-18)21-19(24)15-7-4-10-23(15)20(25)17-9-5-11-26-17/h2-3,5-6,8-9,11,13,15H,4,7,10,12H2,1H3,(H,21,24)/t13?,15-/m0/s1. The van der Waals surface area contributed by atoms with E-state index in [0.717, 1.165) is 28.1 Å². The normalized spacial score (nSPS) is 18.0. The minimum absolute atomic E-state index is 0.0302. The first kappa shape index (κ1) is 18.1. The SMILES string of the molecule is CC(Cc1nc2ccccc2s1)NC(=O)[C@@H]1CCCN1C(=O)c1cccs1. The highest BCUT2D eigenvalue weighted by Crippen LogP contribution is 2.24. The zero-order chi connectivity index (χ0) is 18.8. The molecule has 7 heteroatoms. The van der Waals surface area contributed by atoms with Crippen molar-refractivity contribution in [1.29, 1.82) is 0 Å². The molecule has 3 heterocycles. The fraction of sp³-hybridized carbons (Fsp3) is 0.350. The fourth-order valence-corrected chi connectivity index (χ4v) is 5.26. The van der Waals surface area contributed by atoms with E-state index in [-0.39, 0.29) is 23.9 Å². The first-order chi connectivity index (χ1) is 13.1. The summed E-state index contributed by atoms with van der Waals surface area (Å²) in [7, 11) is 0. The second-order valence-corrected chi connectivity index (χ2v) is 8.89. The van der Waals surface area contributed by atoms with Gasteiger partial charge in [-0.15, -0.1) is 22.7 Å². The van der Waals surface area contributed by atoms with Gasteiger partial charge in [0.05, 0.1) is 20.1 Å². The molecule has 1 saturated heterocycles. The minimum Gasteiger partial charge on any atom is -0.351 e. The number of thiazole rings is 1. The van der Waals surface area contributed by atoms with Crippen LogP contribution in [0.1, 0.15) is 34.4 Å². The van der Waals surface area contributed by atoms with Crippen LogP contribution in [0.4, 0.5) is 0 Å². The number of nitrogens with zero attached hydrogens (tertiary/aromatic N) is 2. The lowest BCUT2D eigenvalue weighted by Crippen LogP contribution is -2.48. The number of thiophene rings is 1. The number of hydrogen-bond donors (Lipinski definition) is 1. The number of para-hydroxylation sites is 1. The molecule has 0 radical (unpaired) electrons. The zero-order valence-electron chi connectivity index (χ0n) is 15.1. The summed E-state index contributed by atoms with van der Waals surface area (Å²) in [5.74, 6) is -0.104. The van der Waals surface area contributed by atoms with Gasteiger partial charge in [0.25, 0.3) is 5.91 Å². The molecule has 1 fully saturated rings. The molecule has 1 aliphatic rings. The topological polar surface area (TPSA) is 62.3 Å². The molecular weight excluding hydrogens is 378 g/mol. The molecular formula is C20H21N3O2S2. The molecule has 2 atom stereocenters. The van der Waals surface area contributed by atoms with Crippen molar-refractivity contribution in [3.05, 3.63) is 51.7 Å². The molecule has 0 spiro atoms. The molecule has 2 amide bonds. The highest BCUT2D eigenvalue weighted by atomic mass is 32.1. The van der Waals surface area contributed by atoms with Gasteiger partial charge >= 0.3 is 0 Å². The highest BCUT2D eigenvalue weighted by Gasteiger charge is 2.35. The number of nitrogens with one attached hydrogen (secondary N) is 1. The summed E-state index contributed by atoms with van der Waals surface area (Å²) in [6, 6.07) is 11.3. The van der Waals surface area contributed by atoms with Crippen molar-refractivity contribution >= 4 is 44.7 Å². The molecule has 1 aliphatic heterocycles. The maximum absolute atomic E-state index is 12.8. The van der Waals surface area contributed by atoms with E-state index in [4.69, 9.17) is 0 Å². The first-order valence-electron chi connectivity index (χ1n) is 9.11. The Labute approximate surface area is 166 Å². The maximum atomic E-state index is 12.8. The summed E-state index contributed by atoms with van der Waals surface area (Å²) in [4.78, 5) is 32.5. The van der Waals surface area contributed by atoms with Crippen molar-refractivity contribution < 1.29 is 9.59 Å². The van der Waals surface area contributed by atoms with Crippen molar-refractivity contribution in [1.82, 2.24) is 15.2 Å². The van der Waals surface area contributed by atoms with E-state index >= 15 is 0 Å². The van der Waals surface area contributed by atoms with Crippen molar-refractivity contribution in [3.8, 4) is 0 Å². The molecule has 3 aromatic rings. The number of carbonyl (C=O) groups is 2. The van der Waals surface area contributed by atoms with Crippen LogP contribution in [0.25, 0.3) is 10.2 Å². The summed E-state index contributed by atoms with van der Waals surface area (Å²) in [5, 5.41) is 5.99. The highest BCUT2D eigenvalue weighted by molar-refractivity contribution is 7.18. The number of aromatic nitrogens is 1. The molecule has 1 aromatic carbocycles. The van der Waals surface area contributed by atoms with Crippen LogP contribution >= 0.6 is 22.7 Å². The summed E-state index contributed by atoms with van der Waals surface area (Å²) in [6.07, 6.45) is 2.27. The van der Waals surface area contributed by atoms with Gasteiger partial charge in [-0.1, -0.05) is 18.2 Å². The molecule has 5 nitrogen and oxygen atoms in total. The third-order valence-corrected chi connectivity index (χ3v) is 6.67. The van der Waals surface area contributed by atoms with E-state index in [1.807, 2.05) is 42.6 Å². The number of rotatable bonds is 5. The summed E-state index contributed by atoms with van der Waals surface area (Å²) >= 11 is 3.08. The van der Waals surface area contributed by atoms with E-state index in [1.165, 1.54) is 11.3 Å². The van der Waals surface area contributed by atoms with E-state index in [2.05, 4.69) is 16.4 Å². The van der Waals surface area contributed by atoms with Crippen LogP contribution in [0.15, 0.2) is 41.8 Å². The lowest BCUT2D eigenvalue weighted by molar-refractivity contribution is -0.125. The molecule has 1 N–H and O–H groups in total. The summed E-state index contributed by atoms with van der Waals surface area (Å²) in [5.41, 5.74) is 1.000. The number of likely N-dealkylation sites (tertiary alicyclic amines) is 1. The van der Waals surface area contributed by atoms with Gasteiger partial charge < -0.3 is 10.2 Å². The smallest absolute Gasteiger partial charge is 0.264 e. The van der Waals surface area contributed by atoms with E-state index in [0.29, 0.717) is 17.8 Å². The predicted molar refractivity (Wildman–Crippen MR) is 109 cm³/mol. The molecule has 0 saturated carbocycles. The molecule has 4 rings (SSSR count). The quantitative estimate of drug-likeness (QED) is 0.711. The monoisotopic (exact) mass is 399 g/mol. The third-order valence-electron chi connectivity index (χ3n) is 4.76. The Balaban J connectivity index is 1.39. The van der Waals surface area contributed by atoms with E-state index in [9.17, 15) is 9.59 Å². The Morgan fingerprint density at radius 1 is 1.30 bits per heavy atom. The number of fused-ring (bicyclic) bond motifs is 1. The fourth-order valence-electron chi connectivity index (χ4n) is 3.48. The van der Waals surface area contributed by atoms with Gasteiger partial charge in [0, 0.05) is 19.0 Å². The molecule has 140 valence electrons. The number of carbonyl (C=O) groups excluding carboxylic acids is 2. The average Bonchev–Trinajstić information content (AvgIpc) is 3.39. The van der Waals surface area contributed by atoms with Gasteiger partial charge in [0.1, 0.15) is 6.04 Å². The third kappa shape index (κ3) is 3.89. The van der Waals surface area contributed by atoms with Crippen LogP contribution in [0.5, 0.6) is 0 Å². The summed E-state index contributed by atoms with van der Waals surface area (Å²) < 4.78 is 1.16. The van der Waals surface area contributed by atoms with Gasteiger partial charge in [-0.3, -0.25) is 9.59 Å². The first-order valence-corrected chi connectivity index (χ1v) is 10.8. The van der Waals surface area contributed by atoms with Crippen molar-refractivity contribution in [3.63, 3.8) is 0 Å². The van der Waals surface area contributed by atoms with Crippen LogP contribution in [0.2, 0.25) is 0 Å². The van der Waals surface area contributed by atoms with Gasteiger partial charge in [0.2, 0.25) is 5.91 Å². The second kappa shape index (κ2) is 7.78. The zero-order valence-corrected chi connectivity index (χ0v) is 16.7. The summed E-state index contributed by atoms with van der Waals surface area (Å²) in [6.45, 7) is 2.63. The molecule has 0 bridgehead atoms. The van der Waals surface area contributed by atoms with Crippen LogP contribution in [0.3, 0.4) is 0 Å². The maximum Gasteiger partial charge on any atom is 0.264 e. The molecule has 0 aliphatic carbocycles. The number of amides is 2.